The van der Waals surface area contributed by atoms with Gasteiger partial charge in [0.1, 0.15) is 7.05 Å². The van der Waals surface area contributed by atoms with Gasteiger partial charge in [0.05, 0.1) is 0 Å². The molecule has 1 aromatic rings. The Kier molecular flexibility index (Phi) is 5.90. The summed E-state index contributed by atoms with van der Waals surface area (Å²) in [6, 6.07) is 0. The van der Waals surface area contributed by atoms with Gasteiger partial charge in [-0.15, -0.1) is 0 Å². The molecule has 0 radical (unpaired) electrons. The van der Waals surface area contributed by atoms with E-state index in [0.29, 0.717) is 0 Å². The molecule has 0 aliphatic rings. The van der Waals surface area contributed by atoms with Crippen molar-refractivity contribution in [2.75, 3.05) is 11.6 Å². The van der Waals surface area contributed by atoms with E-state index in [1.165, 1.54) is 11.3 Å². The summed E-state index contributed by atoms with van der Waals surface area (Å²) >= 11 is 3.26. The first-order valence-corrected chi connectivity index (χ1v) is 5.48. The lowest BCUT2D eigenvalue weighted by atomic mass is 10.7. The highest BCUT2D eigenvalue weighted by Gasteiger charge is 2.12. The van der Waals surface area contributed by atoms with Crippen molar-refractivity contribution >= 4 is 34.0 Å². The van der Waals surface area contributed by atoms with Gasteiger partial charge in [0, 0.05) is 6.92 Å². The monoisotopic (exact) mass is 330 g/mol. The largest absolute Gasteiger partial charge is 1.00 e. The molecule has 0 aliphatic heterocycles. The Morgan fingerprint density at radius 1 is 1.69 bits per heavy atom. The van der Waals surface area contributed by atoms with Gasteiger partial charge >= 0.3 is 0 Å². The van der Waals surface area contributed by atoms with Crippen molar-refractivity contribution in [1.82, 2.24) is 0 Å². The quantitative estimate of drug-likeness (QED) is 0.397. The van der Waals surface area contributed by atoms with Gasteiger partial charge in [0.15, 0.2) is 5.00 Å². The fraction of sp³-hybridized carbons (Fsp3) is 0.429. The molecule has 6 heteroatoms. The second-order valence-corrected chi connectivity index (χ2v) is 4.44. The number of thiazole rings is 1. The molecule has 0 aliphatic carbocycles. The van der Waals surface area contributed by atoms with Gasteiger partial charge in [-0.05, 0) is 29.4 Å². The normalized spacial score (nSPS) is 9.15. The third kappa shape index (κ3) is 3.82. The van der Waals surface area contributed by atoms with Crippen molar-refractivity contribution in [3.05, 3.63) is 6.20 Å². The van der Waals surface area contributed by atoms with Crippen LogP contribution in [0.3, 0.4) is 0 Å². The topological polar surface area (TPSA) is 33.0 Å². The Morgan fingerprint density at radius 2 is 2.31 bits per heavy atom. The number of aromatic nitrogens is 1. The predicted molar refractivity (Wildman–Crippen MR) is 51.6 cm³/mol. The first-order chi connectivity index (χ1) is 5.63. The van der Waals surface area contributed by atoms with E-state index in [9.17, 15) is 4.79 Å². The summed E-state index contributed by atoms with van der Waals surface area (Å²) in [5, 5.41) is 3.64. The van der Waals surface area contributed by atoms with Crippen molar-refractivity contribution in [2.24, 2.45) is 7.05 Å². The molecular formula is C7H11IN2OS2. The van der Waals surface area contributed by atoms with E-state index >= 15 is 0 Å². The molecule has 0 unspecified atom stereocenters. The summed E-state index contributed by atoms with van der Waals surface area (Å²) in [4.78, 5) is 10.7. The molecule has 1 N–H and O–H groups in total. The molecule has 0 fully saturated rings. The number of amides is 1. The molecule has 13 heavy (non-hydrogen) atoms. The SMILES string of the molecule is CSc1sc(NC(C)=O)c[n+]1C.[I-]. The lowest BCUT2D eigenvalue weighted by Crippen LogP contribution is -3.00. The Balaban J connectivity index is 0.00000144. The van der Waals surface area contributed by atoms with Crippen molar-refractivity contribution in [2.45, 2.75) is 11.3 Å². The first-order valence-electron chi connectivity index (χ1n) is 3.44. The van der Waals surface area contributed by atoms with Crippen LogP contribution in [-0.2, 0) is 11.8 Å². The van der Waals surface area contributed by atoms with E-state index in [4.69, 9.17) is 0 Å². The van der Waals surface area contributed by atoms with Crippen LogP contribution in [0.1, 0.15) is 6.92 Å². The second kappa shape index (κ2) is 5.82. The van der Waals surface area contributed by atoms with E-state index in [1.54, 1.807) is 23.1 Å². The van der Waals surface area contributed by atoms with Crippen molar-refractivity contribution in [3.8, 4) is 0 Å². The maximum Gasteiger partial charge on any atom is 0.298 e. The third-order valence-corrected chi connectivity index (χ3v) is 3.55. The van der Waals surface area contributed by atoms with Gasteiger partial charge < -0.3 is 29.3 Å². The van der Waals surface area contributed by atoms with Crippen molar-refractivity contribution < 1.29 is 33.3 Å². The van der Waals surface area contributed by atoms with Crippen LogP contribution < -0.4 is 33.9 Å². The van der Waals surface area contributed by atoms with Gasteiger partial charge in [0.2, 0.25) is 12.1 Å². The van der Waals surface area contributed by atoms with Crippen LogP contribution in [0.15, 0.2) is 10.5 Å². The molecule has 0 spiro atoms. The van der Waals surface area contributed by atoms with Gasteiger partial charge in [-0.1, -0.05) is 0 Å². The minimum atomic E-state index is -0.0236. The Morgan fingerprint density at radius 3 is 2.69 bits per heavy atom. The smallest absolute Gasteiger partial charge is 0.298 e. The summed E-state index contributed by atoms with van der Waals surface area (Å²) in [5.41, 5.74) is 0. The van der Waals surface area contributed by atoms with Crippen LogP contribution in [-0.4, -0.2) is 12.2 Å². The highest BCUT2D eigenvalue weighted by molar-refractivity contribution is 8.00. The number of rotatable bonds is 2. The zero-order chi connectivity index (χ0) is 9.14. The maximum absolute atomic E-state index is 10.7. The lowest BCUT2D eigenvalue weighted by Gasteiger charge is -1.89. The van der Waals surface area contributed by atoms with Crippen molar-refractivity contribution in [3.63, 3.8) is 0 Å². The summed E-state index contributed by atoms with van der Waals surface area (Å²) in [7, 11) is 1.97. The average molecular weight is 330 g/mol. The predicted octanol–water partition coefficient (Wildman–Crippen LogP) is -1.74. The van der Waals surface area contributed by atoms with Gasteiger partial charge in [0.25, 0.3) is 4.34 Å². The Bertz CT molecular complexity index is 301. The minimum absolute atomic E-state index is 0. The molecule has 1 heterocycles. The number of carbonyl (C=O) groups is 1. The number of halogens is 1. The van der Waals surface area contributed by atoms with Crippen LogP contribution >= 0.6 is 23.1 Å². The molecule has 1 aromatic heterocycles. The highest BCUT2D eigenvalue weighted by Crippen LogP contribution is 2.23. The zero-order valence-electron chi connectivity index (χ0n) is 7.63. The summed E-state index contributed by atoms with van der Waals surface area (Å²) < 4.78 is 3.18. The molecule has 0 atom stereocenters. The molecule has 3 nitrogen and oxygen atoms in total. The summed E-state index contributed by atoms with van der Waals surface area (Å²) in [5.74, 6) is -0.0236. The molecule has 1 amide bonds. The fourth-order valence-corrected chi connectivity index (χ4v) is 2.57. The molecule has 0 aromatic carbocycles. The van der Waals surface area contributed by atoms with Crippen molar-refractivity contribution in [1.29, 1.82) is 0 Å². The van der Waals surface area contributed by atoms with Crippen LogP contribution in [0.5, 0.6) is 0 Å². The van der Waals surface area contributed by atoms with Gasteiger partial charge in [-0.2, -0.15) is 4.57 Å². The van der Waals surface area contributed by atoms with Crippen LogP contribution in [0.25, 0.3) is 0 Å². The molecule has 0 saturated heterocycles. The summed E-state index contributed by atoms with van der Waals surface area (Å²) in [6.45, 7) is 1.51. The third-order valence-electron chi connectivity index (χ3n) is 1.27. The minimum Gasteiger partial charge on any atom is -1.00 e. The standard InChI is InChI=1S/C7H10N2OS2.HI/c1-5(10)8-6-4-9(2)7(11-3)12-6;/h4H,1-3H3;1H. The number of thioether (sulfide) groups is 1. The highest BCUT2D eigenvalue weighted by atomic mass is 127. The van der Waals surface area contributed by atoms with Crippen LogP contribution in [0, 0.1) is 0 Å². The zero-order valence-corrected chi connectivity index (χ0v) is 11.4. The number of anilines is 1. The number of aryl methyl sites for hydroxylation is 1. The molecule has 1 rings (SSSR count). The van der Waals surface area contributed by atoms with Gasteiger partial charge in [-0.3, -0.25) is 4.79 Å². The van der Waals surface area contributed by atoms with E-state index in [2.05, 4.69) is 5.32 Å². The van der Waals surface area contributed by atoms with E-state index in [-0.39, 0.29) is 29.9 Å². The molecular weight excluding hydrogens is 319 g/mol. The Labute approximate surface area is 103 Å². The van der Waals surface area contributed by atoms with E-state index in [1.807, 2.05) is 24.1 Å². The average Bonchev–Trinajstić information content (AvgIpc) is 2.29. The molecule has 74 valence electrons. The molecule has 0 saturated carbocycles. The number of hydrogen-bond acceptors (Lipinski definition) is 3. The maximum atomic E-state index is 10.7. The first kappa shape index (κ1) is 13.2. The number of carbonyl (C=O) groups excluding carboxylic acids is 1. The number of nitrogens with zero attached hydrogens (tertiary/aromatic N) is 1. The number of hydrogen-bond donors (Lipinski definition) is 1. The van der Waals surface area contributed by atoms with Gasteiger partial charge in [-0.25, -0.2) is 0 Å². The van der Waals surface area contributed by atoms with E-state index in [0.717, 1.165) is 5.00 Å². The second-order valence-electron chi connectivity index (χ2n) is 2.36. The summed E-state index contributed by atoms with van der Waals surface area (Å²) in [6.07, 6.45) is 3.93. The molecule has 0 bridgehead atoms. The van der Waals surface area contributed by atoms with E-state index < -0.39 is 0 Å². The Hall–Kier alpha value is 0.180. The van der Waals surface area contributed by atoms with Crippen LogP contribution in [0.2, 0.25) is 0 Å². The number of nitrogens with one attached hydrogen (secondary N) is 1. The fourth-order valence-electron chi connectivity index (χ4n) is 0.838. The lowest BCUT2D eigenvalue weighted by molar-refractivity contribution is -0.701. The van der Waals surface area contributed by atoms with Crippen LogP contribution in [0.4, 0.5) is 5.00 Å².